The third-order valence-corrected chi connectivity index (χ3v) is 11.6. The summed E-state index contributed by atoms with van der Waals surface area (Å²) in [5.41, 5.74) is 8.76. The summed E-state index contributed by atoms with van der Waals surface area (Å²) in [5, 5.41) is 2.35. The van der Waals surface area contributed by atoms with Crippen molar-refractivity contribution in [2.24, 2.45) is 0 Å². The minimum atomic E-state index is 1.22. The first-order chi connectivity index (χ1) is 24.2. The molecule has 0 amide bonds. The molecule has 2 nitrogen and oxygen atoms in total. The molecule has 0 saturated carbocycles. The van der Waals surface area contributed by atoms with E-state index in [9.17, 15) is 0 Å². The van der Waals surface area contributed by atoms with Gasteiger partial charge in [-0.3, -0.25) is 5.32 Å². The van der Waals surface area contributed by atoms with E-state index in [1.54, 1.807) is 5.57 Å². The molecule has 2 heteroatoms. The van der Waals surface area contributed by atoms with E-state index in [1.165, 1.54) is 246 Å². The molecule has 0 atom stereocenters. The minimum Gasteiger partial charge on any atom is -0.287 e. The first kappa shape index (κ1) is 43.8. The van der Waals surface area contributed by atoms with Gasteiger partial charge in [0.15, 0.2) is 6.21 Å². The van der Waals surface area contributed by atoms with Crippen LogP contribution in [0.15, 0.2) is 46.0 Å². The second-order valence-electron chi connectivity index (χ2n) is 16.0. The summed E-state index contributed by atoms with van der Waals surface area (Å²) in [6.45, 7) is 9.27. The van der Waals surface area contributed by atoms with Gasteiger partial charge in [0, 0.05) is 22.3 Å². The van der Waals surface area contributed by atoms with Gasteiger partial charge in [0.25, 0.3) is 0 Å². The number of quaternary nitrogens is 1. The average molecular weight is 679 g/mol. The second kappa shape index (κ2) is 31.3. The molecule has 2 aliphatic rings. The summed E-state index contributed by atoms with van der Waals surface area (Å²) in [6, 6.07) is 0. The lowest BCUT2D eigenvalue weighted by atomic mass is 9.99. The van der Waals surface area contributed by atoms with Gasteiger partial charge in [-0.15, -0.1) is 0 Å². The Morgan fingerprint density at radius 1 is 0.449 bits per heavy atom. The number of nitrogens with two attached hydrogens (primary N) is 1. The van der Waals surface area contributed by atoms with Crippen molar-refractivity contribution in [1.82, 2.24) is 0 Å². The summed E-state index contributed by atoms with van der Waals surface area (Å²) >= 11 is 0. The third kappa shape index (κ3) is 22.2. The van der Waals surface area contributed by atoms with E-state index in [4.69, 9.17) is 0 Å². The van der Waals surface area contributed by atoms with Crippen molar-refractivity contribution in [3.05, 3.63) is 46.0 Å². The molecule has 0 bridgehead atoms. The Labute approximate surface area is 307 Å². The molecule has 3 N–H and O–H groups in total. The monoisotopic (exact) mass is 679 g/mol. The van der Waals surface area contributed by atoms with E-state index < -0.39 is 0 Å². The van der Waals surface area contributed by atoms with Crippen molar-refractivity contribution in [3.63, 3.8) is 0 Å². The SMILES string of the molecule is CCCCCCCCCCCCCCCCCCC1=C[NH2+]C(/C=C2\[NH+]=CC(CCCCCCCCCCCCCCCCCC)=C2C)=C1C. The zero-order valence-electron chi connectivity index (χ0n) is 33.9. The molecule has 0 unspecified atom stereocenters. The smallest absolute Gasteiger partial charge is 0.212 e. The number of hydrogen-bond acceptors (Lipinski definition) is 0. The van der Waals surface area contributed by atoms with Crippen LogP contribution in [0.4, 0.5) is 0 Å². The van der Waals surface area contributed by atoms with E-state index >= 15 is 0 Å². The molecule has 0 radical (unpaired) electrons. The highest BCUT2D eigenvalue weighted by molar-refractivity contribution is 5.79. The van der Waals surface area contributed by atoms with E-state index in [-0.39, 0.29) is 0 Å². The Hall–Kier alpha value is -1.41. The summed E-state index contributed by atoms with van der Waals surface area (Å²) in [7, 11) is 0. The summed E-state index contributed by atoms with van der Waals surface area (Å²) in [6.07, 6.45) is 55.5. The lowest BCUT2D eigenvalue weighted by Gasteiger charge is -2.04. The molecule has 0 aromatic carbocycles. The lowest BCUT2D eigenvalue weighted by Crippen LogP contribution is -2.74. The molecule has 0 aliphatic carbocycles. The number of rotatable bonds is 35. The van der Waals surface area contributed by atoms with E-state index in [1.807, 2.05) is 0 Å². The predicted octanol–water partition coefficient (Wildman–Crippen LogP) is 13.4. The molecule has 2 aliphatic heterocycles. The lowest BCUT2D eigenvalue weighted by molar-refractivity contribution is -0.527. The largest absolute Gasteiger partial charge is 0.287 e. The van der Waals surface area contributed by atoms with Gasteiger partial charge in [0.05, 0.1) is 6.08 Å². The molecular weight excluding hydrogens is 593 g/mol. The van der Waals surface area contributed by atoms with Gasteiger partial charge in [-0.25, -0.2) is 4.99 Å². The number of allylic oxidation sites excluding steroid dienone is 5. The van der Waals surface area contributed by atoms with Crippen molar-refractivity contribution < 1.29 is 10.3 Å². The number of nitrogens with one attached hydrogen (secondary N) is 1. The Bertz CT molecular complexity index is 961. The molecule has 2 rings (SSSR count). The highest BCUT2D eigenvalue weighted by atomic mass is 14.9. The molecule has 2 heterocycles. The van der Waals surface area contributed by atoms with Gasteiger partial charge >= 0.3 is 0 Å². The first-order valence-corrected chi connectivity index (χ1v) is 22.4. The van der Waals surface area contributed by atoms with Crippen molar-refractivity contribution in [3.8, 4) is 0 Å². The second-order valence-corrected chi connectivity index (χ2v) is 16.0. The van der Waals surface area contributed by atoms with Crippen LogP contribution in [0.2, 0.25) is 0 Å². The van der Waals surface area contributed by atoms with Gasteiger partial charge in [-0.05, 0) is 39.5 Å². The highest BCUT2D eigenvalue weighted by Gasteiger charge is 2.23. The van der Waals surface area contributed by atoms with Crippen LogP contribution >= 0.6 is 0 Å². The van der Waals surface area contributed by atoms with Gasteiger partial charge in [-0.1, -0.05) is 206 Å². The quantitative estimate of drug-likeness (QED) is 0.0625. The van der Waals surface area contributed by atoms with Crippen LogP contribution in [0.1, 0.15) is 246 Å². The fourth-order valence-corrected chi connectivity index (χ4v) is 7.90. The third-order valence-electron chi connectivity index (χ3n) is 11.6. The van der Waals surface area contributed by atoms with Crippen LogP contribution in [0.3, 0.4) is 0 Å². The molecule has 49 heavy (non-hydrogen) atoms. The normalized spacial score (nSPS) is 15.5. The average Bonchev–Trinajstić information content (AvgIpc) is 3.64. The zero-order chi connectivity index (χ0) is 35.0. The Morgan fingerprint density at radius 3 is 1.18 bits per heavy atom. The Morgan fingerprint density at radius 2 is 0.796 bits per heavy atom. The number of unbranched alkanes of at least 4 members (excludes halogenated alkanes) is 30. The van der Waals surface area contributed by atoms with E-state index in [2.05, 4.69) is 56.5 Å². The van der Waals surface area contributed by atoms with Crippen molar-refractivity contribution in [2.75, 3.05) is 0 Å². The summed E-state index contributed by atoms with van der Waals surface area (Å²) < 4.78 is 0. The molecular formula is C47H86N2+2. The minimum absolute atomic E-state index is 1.22. The van der Waals surface area contributed by atoms with Gasteiger partial charge in [0.1, 0.15) is 11.9 Å². The molecule has 0 saturated heterocycles. The Kier molecular flexibility index (Phi) is 28.0. The fourth-order valence-electron chi connectivity index (χ4n) is 7.90. The maximum Gasteiger partial charge on any atom is 0.212 e. The van der Waals surface area contributed by atoms with Crippen LogP contribution in [0, 0.1) is 0 Å². The van der Waals surface area contributed by atoms with Crippen LogP contribution < -0.4 is 10.3 Å². The highest BCUT2D eigenvalue weighted by Crippen LogP contribution is 2.24. The molecule has 282 valence electrons. The molecule has 0 aromatic rings. The topological polar surface area (TPSA) is 30.6 Å². The van der Waals surface area contributed by atoms with Gasteiger partial charge in [-0.2, -0.15) is 0 Å². The molecule has 0 fully saturated rings. The van der Waals surface area contributed by atoms with Crippen molar-refractivity contribution >= 4 is 6.21 Å². The van der Waals surface area contributed by atoms with Crippen molar-refractivity contribution in [2.45, 2.75) is 246 Å². The summed E-state index contributed by atoms with van der Waals surface area (Å²) in [5.74, 6) is 0. The Balaban J connectivity index is 1.45. The van der Waals surface area contributed by atoms with E-state index in [0.717, 1.165) is 0 Å². The zero-order valence-corrected chi connectivity index (χ0v) is 33.9. The van der Waals surface area contributed by atoms with Crippen LogP contribution in [0.25, 0.3) is 0 Å². The maximum absolute atomic E-state index is 3.61. The summed E-state index contributed by atoms with van der Waals surface area (Å²) in [4.78, 5) is 3.61. The van der Waals surface area contributed by atoms with Crippen molar-refractivity contribution in [1.29, 1.82) is 0 Å². The first-order valence-electron chi connectivity index (χ1n) is 22.4. The van der Waals surface area contributed by atoms with Crippen LogP contribution in [0.5, 0.6) is 0 Å². The number of hydrogen-bond donors (Lipinski definition) is 2. The molecule has 0 aromatic heterocycles. The standard InChI is InChI=1S/C47H84N2/c1-5-7-9-11-13-15-17-19-21-23-25-27-29-31-33-35-37-44-40-48-46(42(44)3)39-47-43(4)45(41-49-47)38-36-34-32-30-28-26-24-22-20-18-16-14-12-10-8-6-2/h39-41,48H,5-38H2,1-4H3/p+2/b47-39-. The molecule has 0 spiro atoms. The predicted molar refractivity (Wildman–Crippen MR) is 219 cm³/mol. The maximum atomic E-state index is 3.61. The van der Waals surface area contributed by atoms with Crippen LogP contribution in [-0.4, -0.2) is 6.21 Å². The van der Waals surface area contributed by atoms with E-state index in [0.29, 0.717) is 0 Å². The fraction of sp³-hybridized carbons (Fsp3) is 0.809. The van der Waals surface area contributed by atoms with Gasteiger partial charge < -0.3 is 0 Å². The van der Waals surface area contributed by atoms with Crippen LogP contribution in [-0.2, 0) is 0 Å². The van der Waals surface area contributed by atoms with Gasteiger partial charge in [0.2, 0.25) is 5.70 Å².